The second kappa shape index (κ2) is 7.43. The van der Waals surface area contributed by atoms with Crippen LogP contribution in [0.4, 0.5) is 22.7 Å². The molecule has 0 radical (unpaired) electrons. The molecule has 4 amide bonds. The first kappa shape index (κ1) is 18.2. The fraction of sp³-hybridized carbons (Fsp3) is 0.0476. The van der Waals surface area contributed by atoms with Crippen molar-refractivity contribution in [2.75, 3.05) is 27.1 Å². The van der Waals surface area contributed by atoms with E-state index in [4.69, 9.17) is 0 Å². The maximum absolute atomic E-state index is 11.7. The number of imide groups is 2. The molecule has 144 valence electrons. The first-order valence-corrected chi connectivity index (χ1v) is 8.83. The average molecular weight is 388 g/mol. The molecule has 29 heavy (non-hydrogen) atoms. The molecule has 0 saturated carbocycles. The fourth-order valence-electron chi connectivity index (χ4n) is 3.01. The van der Waals surface area contributed by atoms with Crippen LogP contribution in [0.3, 0.4) is 0 Å². The monoisotopic (exact) mass is 388 g/mol. The highest BCUT2D eigenvalue weighted by molar-refractivity contribution is 6.28. The van der Waals surface area contributed by atoms with Gasteiger partial charge in [-0.05, 0) is 48.5 Å². The number of carbonyl (C=O) groups is 4. The van der Waals surface area contributed by atoms with Gasteiger partial charge in [0.25, 0.3) is 23.6 Å². The van der Waals surface area contributed by atoms with Crippen molar-refractivity contribution in [2.45, 2.75) is 0 Å². The zero-order valence-electron chi connectivity index (χ0n) is 15.2. The van der Waals surface area contributed by atoms with Crippen LogP contribution in [0, 0.1) is 0 Å². The molecule has 0 spiro atoms. The Balaban J connectivity index is 1.31. The SMILES string of the molecule is O=C1C=CC(=O)N1c1ccc(NCNc2ccc(N3C(=O)C=CC3=O)cc2)cc1. The number of amides is 4. The predicted octanol–water partition coefficient (Wildman–Crippen LogP) is 2.03. The molecule has 2 heterocycles. The summed E-state index contributed by atoms with van der Waals surface area (Å²) in [7, 11) is 0. The van der Waals surface area contributed by atoms with Crippen LogP contribution in [0.15, 0.2) is 72.8 Å². The Morgan fingerprint density at radius 3 is 1.14 bits per heavy atom. The molecule has 8 heteroatoms. The molecule has 0 atom stereocenters. The second-order valence-electron chi connectivity index (χ2n) is 6.31. The summed E-state index contributed by atoms with van der Waals surface area (Å²) in [6, 6.07) is 13.9. The third-order valence-corrected chi connectivity index (χ3v) is 4.45. The van der Waals surface area contributed by atoms with Crippen molar-refractivity contribution < 1.29 is 19.2 Å². The number of benzene rings is 2. The van der Waals surface area contributed by atoms with Crippen molar-refractivity contribution >= 4 is 46.4 Å². The van der Waals surface area contributed by atoms with E-state index < -0.39 is 0 Å². The Bertz CT molecular complexity index is 934. The number of hydrogen-bond donors (Lipinski definition) is 2. The summed E-state index contributed by atoms with van der Waals surface area (Å²) in [5, 5.41) is 6.35. The summed E-state index contributed by atoms with van der Waals surface area (Å²) in [6.07, 6.45) is 4.98. The highest BCUT2D eigenvalue weighted by Crippen LogP contribution is 2.22. The lowest BCUT2D eigenvalue weighted by molar-refractivity contribution is -0.121. The molecule has 2 aromatic rings. The molecule has 2 aliphatic rings. The zero-order valence-corrected chi connectivity index (χ0v) is 15.2. The van der Waals surface area contributed by atoms with E-state index in [-0.39, 0.29) is 23.6 Å². The van der Waals surface area contributed by atoms with Gasteiger partial charge < -0.3 is 10.6 Å². The number of rotatable bonds is 6. The van der Waals surface area contributed by atoms with Crippen molar-refractivity contribution in [3.63, 3.8) is 0 Å². The van der Waals surface area contributed by atoms with E-state index in [1.54, 1.807) is 48.5 Å². The van der Waals surface area contributed by atoms with E-state index in [0.717, 1.165) is 21.2 Å². The van der Waals surface area contributed by atoms with Gasteiger partial charge in [-0.1, -0.05) is 0 Å². The van der Waals surface area contributed by atoms with Gasteiger partial charge in [-0.2, -0.15) is 0 Å². The first-order valence-electron chi connectivity index (χ1n) is 8.83. The molecule has 0 aliphatic carbocycles. The van der Waals surface area contributed by atoms with Crippen LogP contribution in [-0.2, 0) is 19.2 Å². The van der Waals surface area contributed by atoms with Gasteiger partial charge in [0.05, 0.1) is 18.0 Å². The van der Waals surface area contributed by atoms with Crippen molar-refractivity contribution in [1.82, 2.24) is 0 Å². The van der Waals surface area contributed by atoms with Crippen LogP contribution < -0.4 is 20.4 Å². The average Bonchev–Trinajstić information content (AvgIpc) is 3.24. The summed E-state index contributed by atoms with van der Waals surface area (Å²) in [5.74, 6) is -1.41. The van der Waals surface area contributed by atoms with Crippen molar-refractivity contribution in [1.29, 1.82) is 0 Å². The number of nitrogens with zero attached hydrogens (tertiary/aromatic N) is 2. The second-order valence-corrected chi connectivity index (χ2v) is 6.31. The Hall–Kier alpha value is -4.20. The summed E-state index contributed by atoms with van der Waals surface area (Å²) >= 11 is 0. The van der Waals surface area contributed by atoms with Crippen LogP contribution in [0.5, 0.6) is 0 Å². The highest BCUT2D eigenvalue weighted by atomic mass is 16.2. The van der Waals surface area contributed by atoms with Crippen LogP contribution in [-0.4, -0.2) is 30.3 Å². The fourth-order valence-corrected chi connectivity index (χ4v) is 3.01. The van der Waals surface area contributed by atoms with Crippen molar-refractivity contribution in [2.24, 2.45) is 0 Å². The Morgan fingerprint density at radius 2 is 0.828 bits per heavy atom. The van der Waals surface area contributed by atoms with Gasteiger partial charge in [-0.3, -0.25) is 19.2 Å². The quantitative estimate of drug-likeness (QED) is 0.580. The Morgan fingerprint density at radius 1 is 0.517 bits per heavy atom. The topological polar surface area (TPSA) is 98.8 Å². The summed E-state index contributed by atoms with van der Waals surface area (Å²) < 4.78 is 0. The number of anilines is 4. The van der Waals surface area contributed by atoms with Crippen molar-refractivity contribution in [3.05, 3.63) is 72.8 Å². The van der Waals surface area contributed by atoms with Gasteiger partial charge in [0.2, 0.25) is 0 Å². The molecule has 2 N–H and O–H groups in total. The minimum Gasteiger partial charge on any atom is -0.368 e. The van der Waals surface area contributed by atoms with Gasteiger partial charge in [-0.25, -0.2) is 9.80 Å². The number of hydrogen-bond acceptors (Lipinski definition) is 6. The van der Waals surface area contributed by atoms with E-state index in [9.17, 15) is 19.2 Å². The molecule has 0 bridgehead atoms. The minimum absolute atomic E-state index is 0.353. The maximum atomic E-state index is 11.7. The van der Waals surface area contributed by atoms with E-state index in [1.165, 1.54) is 24.3 Å². The zero-order chi connectivity index (χ0) is 20.4. The molecule has 2 aromatic carbocycles. The first-order chi connectivity index (χ1) is 14.0. The molecule has 2 aliphatic heterocycles. The van der Waals surface area contributed by atoms with Gasteiger partial charge >= 0.3 is 0 Å². The molecule has 0 aromatic heterocycles. The van der Waals surface area contributed by atoms with Gasteiger partial charge in [0.1, 0.15) is 0 Å². The smallest absolute Gasteiger partial charge is 0.258 e. The molecular formula is C21H16N4O4. The third-order valence-electron chi connectivity index (χ3n) is 4.45. The Labute approximate surface area is 166 Å². The largest absolute Gasteiger partial charge is 0.368 e. The molecule has 0 saturated heterocycles. The van der Waals surface area contributed by atoms with E-state index in [0.29, 0.717) is 18.0 Å². The standard InChI is InChI=1S/C21H16N4O4/c26-18-9-10-19(27)24(18)16-5-1-14(2-6-16)22-13-23-15-3-7-17(8-4-15)25-20(28)11-12-21(25)29/h1-12,22-23H,13H2. The molecule has 8 nitrogen and oxygen atoms in total. The normalized spacial score (nSPS) is 15.6. The lowest BCUT2D eigenvalue weighted by Gasteiger charge is -2.16. The van der Waals surface area contributed by atoms with E-state index in [2.05, 4.69) is 10.6 Å². The number of nitrogens with one attached hydrogen (secondary N) is 2. The Kier molecular flexibility index (Phi) is 4.66. The molecular weight excluding hydrogens is 372 g/mol. The van der Waals surface area contributed by atoms with E-state index in [1.807, 2.05) is 0 Å². The number of carbonyl (C=O) groups excluding carboxylic acids is 4. The van der Waals surface area contributed by atoms with Crippen molar-refractivity contribution in [3.8, 4) is 0 Å². The summed E-state index contributed by atoms with van der Waals surface area (Å²) in [4.78, 5) is 49.0. The predicted molar refractivity (Wildman–Crippen MR) is 108 cm³/mol. The summed E-state index contributed by atoms with van der Waals surface area (Å²) in [6.45, 7) is 0.422. The lowest BCUT2D eigenvalue weighted by Crippen LogP contribution is -2.29. The van der Waals surface area contributed by atoms with Gasteiger partial charge in [0, 0.05) is 35.7 Å². The van der Waals surface area contributed by atoms with Crippen LogP contribution >= 0.6 is 0 Å². The highest BCUT2D eigenvalue weighted by Gasteiger charge is 2.25. The molecule has 4 rings (SSSR count). The molecule has 0 unspecified atom stereocenters. The van der Waals surface area contributed by atoms with Gasteiger partial charge in [-0.15, -0.1) is 0 Å². The van der Waals surface area contributed by atoms with Crippen LogP contribution in [0.25, 0.3) is 0 Å². The summed E-state index contributed by atoms with van der Waals surface area (Å²) in [5.41, 5.74) is 2.65. The van der Waals surface area contributed by atoms with Crippen LogP contribution in [0.1, 0.15) is 0 Å². The maximum Gasteiger partial charge on any atom is 0.258 e. The lowest BCUT2D eigenvalue weighted by atomic mass is 10.2. The third kappa shape index (κ3) is 3.63. The van der Waals surface area contributed by atoms with Gasteiger partial charge in [0.15, 0.2) is 0 Å². The van der Waals surface area contributed by atoms with E-state index >= 15 is 0 Å². The molecule has 0 fully saturated rings. The van der Waals surface area contributed by atoms with Crippen LogP contribution in [0.2, 0.25) is 0 Å². The minimum atomic E-state index is -0.353.